The van der Waals surface area contributed by atoms with Gasteiger partial charge < -0.3 is 4.98 Å². The summed E-state index contributed by atoms with van der Waals surface area (Å²) in [4.78, 5) is 28.6. The van der Waals surface area contributed by atoms with Crippen LogP contribution in [-0.4, -0.2) is 28.9 Å². The minimum Gasteiger partial charge on any atom is -0.303 e. The predicted octanol–water partition coefficient (Wildman–Crippen LogP) is 2.42. The van der Waals surface area contributed by atoms with Crippen LogP contribution in [0.15, 0.2) is 71.9 Å². The number of nitrogens with zero attached hydrogens (tertiary/aromatic N) is 5. The summed E-state index contributed by atoms with van der Waals surface area (Å²) in [7, 11) is 0. The molecule has 7 heteroatoms. The average Bonchev–Trinajstić information content (AvgIpc) is 3.22. The van der Waals surface area contributed by atoms with Gasteiger partial charge in [-0.3, -0.25) is 4.40 Å². The van der Waals surface area contributed by atoms with E-state index in [0.29, 0.717) is 17.0 Å². The summed E-state index contributed by atoms with van der Waals surface area (Å²) in [5.41, 5.74) is 3.22. The molecule has 0 aliphatic carbocycles. The molecule has 1 N–H and O–H groups in total. The first-order valence-electron chi connectivity index (χ1n) is 7.77. The monoisotopic (exact) mass is 328 g/mol. The van der Waals surface area contributed by atoms with Crippen LogP contribution < -0.4 is 5.69 Å². The van der Waals surface area contributed by atoms with E-state index in [1.807, 2.05) is 59.1 Å². The first kappa shape index (κ1) is 13.7. The Bertz CT molecular complexity index is 1270. The number of fused-ring (bicyclic) bond motifs is 2. The fraction of sp³-hybridized carbons (Fsp3) is 0. The fourth-order valence-corrected chi connectivity index (χ4v) is 2.94. The lowest BCUT2D eigenvalue weighted by Gasteiger charge is -2.04. The van der Waals surface area contributed by atoms with Crippen molar-refractivity contribution >= 4 is 16.8 Å². The highest BCUT2D eigenvalue weighted by Gasteiger charge is 2.14. The molecule has 1 aromatic carbocycles. The van der Waals surface area contributed by atoms with Crippen molar-refractivity contribution in [3.05, 3.63) is 77.6 Å². The summed E-state index contributed by atoms with van der Waals surface area (Å²) in [5, 5.41) is 0. The van der Waals surface area contributed by atoms with Gasteiger partial charge in [0.25, 0.3) is 0 Å². The van der Waals surface area contributed by atoms with E-state index in [4.69, 9.17) is 0 Å². The number of nitrogens with one attached hydrogen (secondary N) is 1. The third-order valence-corrected chi connectivity index (χ3v) is 4.09. The van der Waals surface area contributed by atoms with Crippen LogP contribution in [0.5, 0.6) is 0 Å². The van der Waals surface area contributed by atoms with E-state index in [0.717, 1.165) is 17.0 Å². The van der Waals surface area contributed by atoms with Gasteiger partial charge in [-0.15, -0.1) is 0 Å². The Morgan fingerprint density at radius 1 is 0.920 bits per heavy atom. The van der Waals surface area contributed by atoms with Crippen molar-refractivity contribution in [1.29, 1.82) is 0 Å². The van der Waals surface area contributed by atoms with Crippen molar-refractivity contribution in [2.24, 2.45) is 0 Å². The van der Waals surface area contributed by atoms with Crippen LogP contribution in [0.1, 0.15) is 0 Å². The van der Waals surface area contributed by atoms with E-state index in [2.05, 4.69) is 19.9 Å². The molecule has 0 saturated heterocycles. The Balaban J connectivity index is 1.78. The molecule has 0 fully saturated rings. The molecule has 0 atom stereocenters. The van der Waals surface area contributed by atoms with E-state index in [1.54, 1.807) is 17.0 Å². The van der Waals surface area contributed by atoms with E-state index >= 15 is 0 Å². The standard InChI is InChI=1S/C18H12N6O/c25-18-21-13-10-20-16(14-11-19-15-8-4-5-9-23(14)15)22-17(13)24(18)12-6-2-1-3-7-12/h1-11H,(H,21,25). The topological polar surface area (TPSA) is 80.9 Å². The Morgan fingerprint density at radius 2 is 1.76 bits per heavy atom. The number of hydrogen-bond donors (Lipinski definition) is 1. The molecule has 5 aromatic rings. The number of H-pyrrole nitrogens is 1. The quantitative estimate of drug-likeness (QED) is 0.539. The van der Waals surface area contributed by atoms with Crippen LogP contribution in [0.3, 0.4) is 0 Å². The van der Waals surface area contributed by atoms with Crippen molar-refractivity contribution in [3.63, 3.8) is 0 Å². The van der Waals surface area contributed by atoms with Gasteiger partial charge >= 0.3 is 5.69 Å². The normalized spacial score (nSPS) is 11.4. The number of rotatable bonds is 2. The van der Waals surface area contributed by atoms with E-state index in [1.165, 1.54) is 0 Å². The molecule has 4 aromatic heterocycles. The minimum absolute atomic E-state index is 0.245. The smallest absolute Gasteiger partial charge is 0.303 e. The van der Waals surface area contributed by atoms with Gasteiger partial charge in [0.1, 0.15) is 16.9 Å². The van der Waals surface area contributed by atoms with Crippen molar-refractivity contribution < 1.29 is 0 Å². The maximum absolute atomic E-state index is 12.4. The Hall–Kier alpha value is -3.74. The van der Waals surface area contributed by atoms with Crippen LogP contribution >= 0.6 is 0 Å². The summed E-state index contributed by atoms with van der Waals surface area (Å²) >= 11 is 0. The summed E-state index contributed by atoms with van der Waals surface area (Å²) in [6.07, 6.45) is 5.27. The number of pyridine rings is 1. The molecule has 0 amide bonds. The van der Waals surface area contributed by atoms with Gasteiger partial charge in [-0.25, -0.2) is 24.3 Å². The molecule has 0 aliphatic heterocycles. The Labute approximate surface area is 141 Å². The van der Waals surface area contributed by atoms with Gasteiger partial charge in [0.15, 0.2) is 11.5 Å². The molecule has 7 nitrogen and oxygen atoms in total. The number of aromatic amines is 1. The maximum Gasteiger partial charge on any atom is 0.332 e. The maximum atomic E-state index is 12.4. The molecule has 0 radical (unpaired) electrons. The van der Waals surface area contributed by atoms with Crippen molar-refractivity contribution in [3.8, 4) is 17.2 Å². The molecule has 25 heavy (non-hydrogen) atoms. The second kappa shape index (κ2) is 5.13. The highest BCUT2D eigenvalue weighted by atomic mass is 16.1. The highest BCUT2D eigenvalue weighted by Crippen LogP contribution is 2.20. The number of imidazole rings is 2. The lowest BCUT2D eigenvalue weighted by molar-refractivity contribution is 0.996. The summed E-state index contributed by atoms with van der Waals surface area (Å²) < 4.78 is 3.46. The Morgan fingerprint density at radius 3 is 2.64 bits per heavy atom. The molecule has 0 unspecified atom stereocenters. The zero-order valence-electron chi connectivity index (χ0n) is 13.0. The largest absolute Gasteiger partial charge is 0.332 e. The minimum atomic E-state index is -0.245. The van der Waals surface area contributed by atoms with Crippen LogP contribution in [0, 0.1) is 0 Å². The van der Waals surface area contributed by atoms with E-state index in [9.17, 15) is 4.79 Å². The number of aromatic nitrogens is 6. The lowest BCUT2D eigenvalue weighted by Crippen LogP contribution is -2.14. The molecular weight excluding hydrogens is 316 g/mol. The van der Waals surface area contributed by atoms with Crippen LogP contribution in [-0.2, 0) is 0 Å². The first-order valence-corrected chi connectivity index (χ1v) is 7.77. The zero-order chi connectivity index (χ0) is 16.8. The third-order valence-electron chi connectivity index (χ3n) is 4.09. The molecule has 0 bridgehead atoms. The number of benzene rings is 1. The SMILES string of the molecule is O=c1[nH]c2cnc(-c3cnc4ccccn34)nc2n1-c1ccccc1. The number of hydrogen-bond acceptors (Lipinski definition) is 4. The molecule has 0 saturated carbocycles. The highest BCUT2D eigenvalue weighted by molar-refractivity contribution is 5.74. The van der Waals surface area contributed by atoms with Crippen molar-refractivity contribution in [2.45, 2.75) is 0 Å². The second-order valence-corrected chi connectivity index (χ2v) is 5.60. The fourth-order valence-electron chi connectivity index (χ4n) is 2.94. The first-order chi connectivity index (χ1) is 12.3. The van der Waals surface area contributed by atoms with Crippen LogP contribution in [0.2, 0.25) is 0 Å². The van der Waals surface area contributed by atoms with Gasteiger partial charge in [0, 0.05) is 6.20 Å². The average molecular weight is 328 g/mol. The van der Waals surface area contributed by atoms with Crippen molar-refractivity contribution in [2.75, 3.05) is 0 Å². The lowest BCUT2D eigenvalue weighted by atomic mass is 10.3. The van der Waals surface area contributed by atoms with Gasteiger partial charge in [-0.2, -0.15) is 0 Å². The molecule has 120 valence electrons. The molecule has 5 rings (SSSR count). The molecule has 0 aliphatic rings. The Kier molecular flexibility index (Phi) is 2.81. The number of para-hydroxylation sites is 1. The van der Waals surface area contributed by atoms with Gasteiger partial charge in [-0.1, -0.05) is 24.3 Å². The summed E-state index contributed by atoms with van der Waals surface area (Å²) in [6, 6.07) is 15.2. The zero-order valence-corrected chi connectivity index (χ0v) is 13.0. The van der Waals surface area contributed by atoms with Crippen LogP contribution in [0.25, 0.3) is 34.0 Å². The summed E-state index contributed by atoms with van der Waals surface area (Å²) in [5.74, 6) is 0.509. The van der Waals surface area contributed by atoms with Gasteiger partial charge in [0.05, 0.1) is 18.1 Å². The molecule has 4 heterocycles. The molecule has 0 spiro atoms. The van der Waals surface area contributed by atoms with E-state index in [-0.39, 0.29) is 5.69 Å². The third kappa shape index (κ3) is 2.06. The van der Waals surface area contributed by atoms with Crippen LogP contribution in [0.4, 0.5) is 0 Å². The summed E-state index contributed by atoms with van der Waals surface area (Å²) in [6.45, 7) is 0. The second-order valence-electron chi connectivity index (χ2n) is 5.60. The van der Waals surface area contributed by atoms with Gasteiger partial charge in [0.2, 0.25) is 0 Å². The van der Waals surface area contributed by atoms with E-state index < -0.39 is 0 Å². The molecular formula is C18H12N6O. The van der Waals surface area contributed by atoms with Crippen molar-refractivity contribution in [1.82, 2.24) is 28.9 Å². The predicted molar refractivity (Wildman–Crippen MR) is 93.7 cm³/mol. The van der Waals surface area contributed by atoms with Gasteiger partial charge in [-0.05, 0) is 24.3 Å².